The summed E-state index contributed by atoms with van der Waals surface area (Å²) in [4.78, 5) is 31.2. The lowest BCUT2D eigenvalue weighted by Gasteiger charge is -2.29. The first-order chi connectivity index (χ1) is 19.4. The number of aromatic nitrogens is 3. The van der Waals surface area contributed by atoms with E-state index in [-0.39, 0.29) is 36.0 Å². The number of para-hydroxylation sites is 1. The van der Waals surface area contributed by atoms with Gasteiger partial charge in [-0.25, -0.2) is 9.37 Å². The van der Waals surface area contributed by atoms with Crippen LogP contribution in [0.5, 0.6) is 11.6 Å². The number of halogens is 1. The van der Waals surface area contributed by atoms with Crippen LogP contribution in [0.15, 0.2) is 65.7 Å². The molecule has 2 aromatic carbocycles. The number of carbonyl (C=O) groups is 2. The van der Waals surface area contributed by atoms with Crippen molar-refractivity contribution >= 4 is 34.5 Å². The van der Waals surface area contributed by atoms with E-state index in [0.717, 1.165) is 28.1 Å². The molecule has 2 amide bonds. The van der Waals surface area contributed by atoms with E-state index in [1.54, 1.807) is 22.5 Å². The number of nitrogens with one attached hydrogen (secondary N) is 2. The number of amides is 2. The maximum atomic E-state index is 14.0. The van der Waals surface area contributed by atoms with Crippen molar-refractivity contribution in [3.8, 4) is 11.6 Å². The second-order valence-electron chi connectivity index (χ2n) is 9.60. The van der Waals surface area contributed by atoms with Crippen LogP contribution in [0.2, 0.25) is 0 Å². The molecular formula is C29H30FN5O4S. The Labute approximate surface area is 235 Å². The maximum absolute atomic E-state index is 14.0. The molecule has 2 aromatic heterocycles. The van der Waals surface area contributed by atoms with Crippen LogP contribution in [0.3, 0.4) is 0 Å². The number of hydrogen-bond acceptors (Lipinski definition) is 7. The van der Waals surface area contributed by atoms with Gasteiger partial charge in [0.05, 0.1) is 24.9 Å². The lowest BCUT2D eigenvalue weighted by Crippen LogP contribution is -2.44. The predicted octanol–water partition coefficient (Wildman–Crippen LogP) is 4.55. The fourth-order valence-electron chi connectivity index (χ4n) is 4.91. The molecule has 1 aliphatic carbocycles. The molecule has 0 spiro atoms. The van der Waals surface area contributed by atoms with Gasteiger partial charge < -0.3 is 20.5 Å². The third-order valence-electron chi connectivity index (χ3n) is 6.90. The highest BCUT2D eigenvalue weighted by atomic mass is 32.2. The molecule has 11 heteroatoms. The minimum Gasteiger partial charge on any atom is -0.438 e. The van der Waals surface area contributed by atoms with E-state index in [9.17, 15) is 19.1 Å². The first-order valence-corrected chi connectivity index (χ1v) is 14.3. The topological polar surface area (TPSA) is 118 Å². The number of fused-ring (bicyclic) bond motifs is 1. The van der Waals surface area contributed by atoms with Crippen molar-refractivity contribution < 1.29 is 23.8 Å². The molecule has 0 bridgehead atoms. The molecule has 0 aliphatic heterocycles. The molecule has 1 aliphatic rings. The summed E-state index contributed by atoms with van der Waals surface area (Å²) in [5.74, 6) is -0.818. The van der Waals surface area contributed by atoms with Gasteiger partial charge in [0.25, 0.3) is 11.8 Å². The molecule has 0 saturated heterocycles. The quantitative estimate of drug-likeness (QED) is 0.256. The van der Waals surface area contributed by atoms with E-state index in [2.05, 4.69) is 20.7 Å². The minimum absolute atomic E-state index is 0.0234. The second kappa shape index (κ2) is 12.5. The Kier molecular flexibility index (Phi) is 8.61. The number of aliphatic hydroxyl groups excluding tert-OH is 1. The Morgan fingerprint density at radius 1 is 1.05 bits per heavy atom. The highest BCUT2D eigenvalue weighted by Crippen LogP contribution is 2.28. The summed E-state index contributed by atoms with van der Waals surface area (Å²) in [5, 5.41) is 20.5. The van der Waals surface area contributed by atoms with Crippen molar-refractivity contribution in [3.63, 3.8) is 0 Å². The largest absolute Gasteiger partial charge is 0.438 e. The fraction of sp³-hybridized carbons (Fsp3) is 0.310. The highest BCUT2D eigenvalue weighted by molar-refractivity contribution is 7.98. The summed E-state index contributed by atoms with van der Waals surface area (Å²) in [5.41, 5.74) is 1.14. The number of aliphatic hydroxyl groups is 1. The zero-order valence-electron chi connectivity index (χ0n) is 22.0. The summed E-state index contributed by atoms with van der Waals surface area (Å²) in [6.45, 7) is 0.226. The van der Waals surface area contributed by atoms with E-state index in [0.29, 0.717) is 43.7 Å². The van der Waals surface area contributed by atoms with Gasteiger partial charge in [0, 0.05) is 22.4 Å². The third-order valence-corrected chi connectivity index (χ3v) is 7.63. The summed E-state index contributed by atoms with van der Waals surface area (Å²) in [6.07, 6.45) is 5.59. The number of hydrogen-bond donors (Lipinski definition) is 3. The first-order valence-electron chi connectivity index (χ1n) is 13.1. The van der Waals surface area contributed by atoms with Gasteiger partial charge in [0.1, 0.15) is 17.1 Å². The maximum Gasteiger partial charge on any atom is 0.272 e. The molecule has 9 nitrogen and oxygen atoms in total. The van der Waals surface area contributed by atoms with Crippen LogP contribution in [-0.2, 0) is 6.54 Å². The van der Waals surface area contributed by atoms with Crippen molar-refractivity contribution in [2.24, 2.45) is 0 Å². The Hall–Kier alpha value is -3.96. The van der Waals surface area contributed by atoms with E-state index >= 15 is 0 Å². The first kappa shape index (κ1) is 27.6. The molecule has 0 atom stereocenters. The van der Waals surface area contributed by atoms with Crippen LogP contribution < -0.4 is 15.4 Å². The number of ether oxygens (including phenoxy) is 1. The lowest BCUT2D eigenvalue weighted by molar-refractivity contribution is 0.0887. The molecule has 5 rings (SSSR count). The molecule has 4 aromatic rings. The van der Waals surface area contributed by atoms with E-state index < -0.39 is 11.7 Å². The van der Waals surface area contributed by atoms with Crippen LogP contribution in [0.25, 0.3) is 10.9 Å². The van der Waals surface area contributed by atoms with Crippen LogP contribution in [0.1, 0.15) is 46.5 Å². The number of rotatable bonds is 9. The number of nitrogens with zero attached hydrogens (tertiary/aromatic N) is 3. The average Bonchev–Trinajstić information content (AvgIpc) is 3.34. The van der Waals surface area contributed by atoms with E-state index in [1.807, 2.05) is 48.7 Å². The SMILES string of the molecule is CSc1cccc(Oc2ncc(F)cc2C(=O)N[C@H]2CC[C@@H](NC(=O)c3nn(CCO)c4ccccc34)CC2)c1. The Balaban J connectivity index is 1.20. The third kappa shape index (κ3) is 6.26. The van der Waals surface area contributed by atoms with Crippen molar-refractivity contribution in [1.29, 1.82) is 0 Å². The van der Waals surface area contributed by atoms with Gasteiger partial charge in [-0.2, -0.15) is 5.10 Å². The van der Waals surface area contributed by atoms with Crippen LogP contribution in [-0.4, -0.2) is 56.6 Å². The predicted molar refractivity (Wildman–Crippen MR) is 150 cm³/mol. The van der Waals surface area contributed by atoms with Crippen LogP contribution in [0.4, 0.5) is 4.39 Å². The molecule has 40 heavy (non-hydrogen) atoms. The number of carbonyl (C=O) groups excluding carboxylic acids is 2. The number of thioether (sulfide) groups is 1. The molecule has 1 fully saturated rings. The summed E-state index contributed by atoms with van der Waals surface area (Å²) < 4.78 is 21.5. The summed E-state index contributed by atoms with van der Waals surface area (Å²) in [7, 11) is 0. The fourth-order valence-corrected chi connectivity index (χ4v) is 5.35. The number of benzene rings is 2. The van der Waals surface area contributed by atoms with Crippen molar-refractivity contribution in [1.82, 2.24) is 25.4 Å². The minimum atomic E-state index is -0.629. The van der Waals surface area contributed by atoms with Crippen molar-refractivity contribution in [2.45, 2.75) is 49.2 Å². The Morgan fingerprint density at radius 3 is 2.50 bits per heavy atom. The van der Waals surface area contributed by atoms with Gasteiger partial charge in [0.2, 0.25) is 5.88 Å². The average molecular weight is 564 g/mol. The van der Waals surface area contributed by atoms with Gasteiger partial charge in [-0.3, -0.25) is 14.3 Å². The highest BCUT2D eigenvalue weighted by Gasteiger charge is 2.27. The molecule has 2 heterocycles. The summed E-state index contributed by atoms with van der Waals surface area (Å²) >= 11 is 1.56. The molecular weight excluding hydrogens is 533 g/mol. The zero-order chi connectivity index (χ0) is 28.1. The van der Waals surface area contributed by atoms with Crippen LogP contribution >= 0.6 is 11.8 Å². The molecule has 0 unspecified atom stereocenters. The molecule has 3 N–H and O–H groups in total. The van der Waals surface area contributed by atoms with E-state index in [1.165, 1.54) is 0 Å². The molecule has 208 valence electrons. The Bertz CT molecular complexity index is 1520. The van der Waals surface area contributed by atoms with Gasteiger partial charge in [-0.05, 0) is 62.3 Å². The lowest BCUT2D eigenvalue weighted by atomic mass is 9.91. The molecule has 1 saturated carbocycles. The van der Waals surface area contributed by atoms with Gasteiger partial charge in [-0.15, -0.1) is 11.8 Å². The smallest absolute Gasteiger partial charge is 0.272 e. The van der Waals surface area contributed by atoms with Gasteiger partial charge in [0.15, 0.2) is 5.69 Å². The van der Waals surface area contributed by atoms with Gasteiger partial charge >= 0.3 is 0 Å². The normalized spacial score (nSPS) is 17.0. The second-order valence-corrected chi connectivity index (χ2v) is 10.5. The number of pyridine rings is 1. The van der Waals surface area contributed by atoms with E-state index in [4.69, 9.17) is 4.74 Å². The van der Waals surface area contributed by atoms with Gasteiger partial charge in [-0.1, -0.05) is 24.3 Å². The van der Waals surface area contributed by atoms with Crippen LogP contribution in [0, 0.1) is 5.82 Å². The zero-order valence-corrected chi connectivity index (χ0v) is 22.8. The standard InChI is InChI=1S/C29H30FN5O4S/c1-40-22-6-4-5-21(16-22)39-29-24(15-18(30)17-31-29)27(37)32-19-9-11-20(12-10-19)33-28(38)26-23-7-2-3-8-25(23)35(34-26)13-14-36/h2-8,15-17,19-20,36H,9-14H2,1H3,(H,32,37)(H,33,38)/t19-,20+. The molecule has 0 radical (unpaired) electrons. The van der Waals surface area contributed by atoms with Crippen molar-refractivity contribution in [3.05, 3.63) is 77.9 Å². The summed E-state index contributed by atoms with van der Waals surface area (Å²) in [6, 6.07) is 15.7. The monoisotopic (exact) mass is 563 g/mol. The van der Waals surface area contributed by atoms with Crippen molar-refractivity contribution in [2.75, 3.05) is 12.9 Å². The Morgan fingerprint density at radius 2 is 1.77 bits per heavy atom.